The van der Waals surface area contributed by atoms with Crippen molar-refractivity contribution < 1.29 is 0 Å². The Kier molecular flexibility index (Phi) is 3.48. The van der Waals surface area contributed by atoms with Crippen LogP contribution in [0.5, 0.6) is 0 Å². The van der Waals surface area contributed by atoms with Crippen LogP contribution in [0.4, 0.5) is 0 Å². The van der Waals surface area contributed by atoms with E-state index in [1.165, 1.54) is 0 Å². The van der Waals surface area contributed by atoms with Crippen molar-refractivity contribution in [2.45, 2.75) is 6.54 Å². The van der Waals surface area contributed by atoms with Crippen LogP contribution in [0, 0.1) is 22.7 Å². The normalized spacial score (nSPS) is 10.2. The summed E-state index contributed by atoms with van der Waals surface area (Å²) in [5.74, 6) is 0. The molecule has 0 unspecified atom stereocenters. The summed E-state index contributed by atoms with van der Waals surface area (Å²) in [6.07, 6.45) is 2.00. The number of hydrogen-bond donors (Lipinski definition) is 0. The second-order valence-corrected chi connectivity index (χ2v) is 5.62. The number of hydrogen-bond acceptors (Lipinski definition) is 2. The van der Waals surface area contributed by atoms with Crippen LogP contribution >= 0.6 is 15.9 Å². The Hall–Kier alpha value is -2.56. The van der Waals surface area contributed by atoms with Gasteiger partial charge in [-0.3, -0.25) is 0 Å². The van der Waals surface area contributed by atoms with Crippen molar-refractivity contribution in [1.29, 1.82) is 10.5 Å². The van der Waals surface area contributed by atoms with E-state index in [1.807, 2.05) is 42.6 Å². The number of rotatable bonds is 2. The fourth-order valence-corrected chi connectivity index (χ4v) is 2.95. The van der Waals surface area contributed by atoms with E-state index in [0.29, 0.717) is 17.7 Å². The highest BCUT2D eigenvalue weighted by Crippen LogP contribution is 2.28. The Morgan fingerprint density at radius 2 is 1.76 bits per heavy atom. The quantitative estimate of drug-likeness (QED) is 0.704. The van der Waals surface area contributed by atoms with Gasteiger partial charge < -0.3 is 4.57 Å². The molecule has 0 amide bonds. The van der Waals surface area contributed by atoms with Gasteiger partial charge in [-0.1, -0.05) is 12.1 Å². The molecule has 3 nitrogen and oxygen atoms in total. The smallest absolute Gasteiger partial charge is 0.0991 e. The molecule has 0 atom stereocenters. The van der Waals surface area contributed by atoms with Crippen LogP contribution in [0.3, 0.4) is 0 Å². The fourth-order valence-electron chi connectivity index (χ4n) is 2.39. The van der Waals surface area contributed by atoms with Gasteiger partial charge in [-0.25, -0.2) is 0 Å². The van der Waals surface area contributed by atoms with Gasteiger partial charge >= 0.3 is 0 Å². The molecule has 0 aliphatic heterocycles. The molecule has 100 valence electrons. The van der Waals surface area contributed by atoms with Crippen LogP contribution < -0.4 is 0 Å². The summed E-state index contributed by atoms with van der Waals surface area (Å²) in [6, 6.07) is 17.5. The zero-order valence-corrected chi connectivity index (χ0v) is 12.6. The molecule has 0 saturated carbocycles. The monoisotopic (exact) mass is 335 g/mol. The number of fused-ring (bicyclic) bond motifs is 1. The Bertz CT molecular complexity index is 910. The van der Waals surface area contributed by atoms with E-state index >= 15 is 0 Å². The molecule has 0 fully saturated rings. The van der Waals surface area contributed by atoms with Crippen LogP contribution in [-0.4, -0.2) is 4.57 Å². The largest absolute Gasteiger partial charge is 0.342 e. The molecule has 0 aliphatic rings. The van der Waals surface area contributed by atoms with Gasteiger partial charge in [0.2, 0.25) is 0 Å². The molecular weight excluding hydrogens is 326 g/mol. The zero-order valence-electron chi connectivity index (χ0n) is 11.0. The fraction of sp³-hybridized carbons (Fsp3) is 0.0588. The van der Waals surface area contributed by atoms with Gasteiger partial charge in [0, 0.05) is 28.1 Å². The molecule has 0 spiro atoms. The first-order valence-electron chi connectivity index (χ1n) is 6.39. The van der Waals surface area contributed by atoms with E-state index in [4.69, 9.17) is 10.5 Å². The molecule has 0 bridgehead atoms. The minimum Gasteiger partial charge on any atom is -0.342 e. The molecule has 4 heteroatoms. The number of benzene rings is 2. The topological polar surface area (TPSA) is 52.5 Å². The van der Waals surface area contributed by atoms with E-state index in [9.17, 15) is 0 Å². The summed E-state index contributed by atoms with van der Waals surface area (Å²) in [5, 5.41) is 19.0. The lowest BCUT2D eigenvalue weighted by atomic mass is 10.1. The summed E-state index contributed by atoms with van der Waals surface area (Å²) in [5.41, 5.74) is 3.44. The highest BCUT2D eigenvalue weighted by molar-refractivity contribution is 9.10. The van der Waals surface area contributed by atoms with Gasteiger partial charge in [-0.2, -0.15) is 10.5 Å². The maximum atomic E-state index is 8.98. The predicted octanol–water partition coefficient (Wildman–Crippen LogP) is 4.20. The van der Waals surface area contributed by atoms with Crippen molar-refractivity contribution in [2.75, 3.05) is 0 Å². The maximum Gasteiger partial charge on any atom is 0.0991 e. The maximum absolute atomic E-state index is 8.98. The lowest BCUT2D eigenvalue weighted by Gasteiger charge is -2.06. The lowest BCUT2D eigenvalue weighted by molar-refractivity contribution is 0.835. The molecule has 0 N–H and O–H groups in total. The standard InChI is InChI=1S/C17H10BrN3/c18-16-11-21(10-14-3-1-2-12(6-14)8-19)17-5-4-13(9-20)7-15(16)17/h1-7,11H,10H2. The summed E-state index contributed by atoms with van der Waals surface area (Å²) in [6.45, 7) is 0.684. The number of nitrogens with zero attached hydrogens (tertiary/aromatic N) is 3. The molecule has 0 saturated heterocycles. The molecule has 3 rings (SSSR count). The van der Waals surface area contributed by atoms with Crippen molar-refractivity contribution in [1.82, 2.24) is 4.57 Å². The van der Waals surface area contributed by atoms with Gasteiger partial charge in [0.05, 0.1) is 23.3 Å². The second kappa shape index (κ2) is 5.44. The molecule has 21 heavy (non-hydrogen) atoms. The van der Waals surface area contributed by atoms with Gasteiger partial charge in [-0.15, -0.1) is 0 Å². The molecule has 2 aromatic carbocycles. The Labute approximate surface area is 130 Å². The summed E-state index contributed by atoms with van der Waals surface area (Å²) >= 11 is 3.54. The summed E-state index contributed by atoms with van der Waals surface area (Å²) < 4.78 is 3.07. The van der Waals surface area contributed by atoms with Crippen molar-refractivity contribution in [3.8, 4) is 12.1 Å². The summed E-state index contributed by atoms with van der Waals surface area (Å²) in [7, 11) is 0. The first kappa shape index (κ1) is 13.4. The Morgan fingerprint density at radius 1 is 1.00 bits per heavy atom. The third kappa shape index (κ3) is 2.54. The van der Waals surface area contributed by atoms with E-state index in [1.54, 1.807) is 6.07 Å². The van der Waals surface area contributed by atoms with E-state index < -0.39 is 0 Å². The first-order chi connectivity index (χ1) is 10.2. The number of aromatic nitrogens is 1. The van der Waals surface area contributed by atoms with Crippen molar-refractivity contribution >= 4 is 26.8 Å². The van der Waals surface area contributed by atoms with Gasteiger partial charge in [-0.05, 0) is 51.8 Å². The lowest BCUT2D eigenvalue weighted by Crippen LogP contribution is -1.98. The second-order valence-electron chi connectivity index (χ2n) is 4.76. The SMILES string of the molecule is N#Cc1cccc(Cn2cc(Br)c3cc(C#N)ccc32)c1. The molecule has 0 radical (unpaired) electrons. The molecule has 1 heterocycles. The van der Waals surface area contributed by atoms with Crippen LogP contribution in [0.25, 0.3) is 10.9 Å². The van der Waals surface area contributed by atoms with Gasteiger partial charge in [0.25, 0.3) is 0 Å². The van der Waals surface area contributed by atoms with Crippen molar-refractivity contribution in [3.05, 3.63) is 69.8 Å². The summed E-state index contributed by atoms with van der Waals surface area (Å²) in [4.78, 5) is 0. The average Bonchev–Trinajstić information content (AvgIpc) is 2.83. The van der Waals surface area contributed by atoms with Gasteiger partial charge in [0.15, 0.2) is 0 Å². The van der Waals surface area contributed by atoms with Crippen LogP contribution in [0.15, 0.2) is 53.1 Å². The third-order valence-electron chi connectivity index (χ3n) is 3.37. The van der Waals surface area contributed by atoms with Crippen LogP contribution in [0.1, 0.15) is 16.7 Å². The number of halogens is 1. The Balaban J connectivity index is 2.05. The molecule has 1 aromatic heterocycles. The van der Waals surface area contributed by atoms with Crippen molar-refractivity contribution in [2.24, 2.45) is 0 Å². The van der Waals surface area contributed by atoms with Crippen molar-refractivity contribution in [3.63, 3.8) is 0 Å². The minimum absolute atomic E-state index is 0.646. The molecule has 3 aromatic rings. The number of nitriles is 2. The minimum atomic E-state index is 0.646. The highest BCUT2D eigenvalue weighted by Gasteiger charge is 2.08. The van der Waals surface area contributed by atoms with Gasteiger partial charge in [0.1, 0.15) is 0 Å². The molecular formula is C17H10BrN3. The van der Waals surface area contributed by atoms with E-state index in [0.717, 1.165) is 20.9 Å². The van der Waals surface area contributed by atoms with E-state index in [-0.39, 0.29) is 0 Å². The average molecular weight is 336 g/mol. The predicted molar refractivity (Wildman–Crippen MR) is 84.6 cm³/mol. The van der Waals surface area contributed by atoms with E-state index in [2.05, 4.69) is 32.6 Å². The third-order valence-corrected chi connectivity index (χ3v) is 4.00. The van der Waals surface area contributed by atoms with Crippen LogP contribution in [0.2, 0.25) is 0 Å². The molecule has 0 aliphatic carbocycles. The zero-order chi connectivity index (χ0) is 14.8. The highest BCUT2D eigenvalue weighted by atomic mass is 79.9. The first-order valence-corrected chi connectivity index (χ1v) is 7.18. The Morgan fingerprint density at radius 3 is 2.52 bits per heavy atom. The van der Waals surface area contributed by atoms with Crippen LogP contribution in [-0.2, 0) is 6.54 Å².